The van der Waals surface area contributed by atoms with Crippen LogP contribution in [-0.4, -0.2) is 5.78 Å². The van der Waals surface area contributed by atoms with Crippen LogP contribution in [0.5, 0.6) is 0 Å². The molecule has 1 unspecified atom stereocenters. The molecule has 1 atom stereocenters. The predicted molar refractivity (Wildman–Crippen MR) is 67.6 cm³/mol. The molecule has 0 aliphatic rings. The lowest BCUT2D eigenvalue weighted by molar-refractivity contribution is 0.0923. The van der Waals surface area contributed by atoms with Crippen LogP contribution in [0.4, 0.5) is 0 Å². The van der Waals surface area contributed by atoms with Gasteiger partial charge in [-0.15, -0.1) is 0 Å². The molecule has 1 nitrogen and oxygen atoms in total. The predicted octanol–water partition coefficient (Wildman–Crippen LogP) is 4.72. The third-order valence-corrected chi connectivity index (χ3v) is 3.17. The highest BCUT2D eigenvalue weighted by Crippen LogP contribution is 2.24. The number of benzene rings is 1. The second-order valence-corrected chi connectivity index (χ2v) is 5.00. The lowest BCUT2D eigenvalue weighted by Crippen LogP contribution is -2.11. The van der Waals surface area contributed by atoms with Crippen molar-refractivity contribution in [3.05, 3.63) is 33.3 Å². The smallest absolute Gasteiger partial charge is 0.167 e. The first kappa shape index (κ1) is 12.7. The first-order valence-electron chi connectivity index (χ1n) is 5.05. The Morgan fingerprint density at radius 3 is 2.73 bits per heavy atom. The van der Waals surface area contributed by atoms with Crippen LogP contribution in [0.1, 0.15) is 37.0 Å². The van der Waals surface area contributed by atoms with Gasteiger partial charge in [-0.1, -0.05) is 47.8 Å². The van der Waals surface area contributed by atoms with Crippen LogP contribution in [0, 0.1) is 5.92 Å². The van der Waals surface area contributed by atoms with E-state index in [1.807, 2.05) is 13.0 Å². The van der Waals surface area contributed by atoms with E-state index < -0.39 is 0 Å². The van der Waals surface area contributed by atoms with E-state index in [-0.39, 0.29) is 11.7 Å². The van der Waals surface area contributed by atoms with Crippen molar-refractivity contribution in [2.75, 3.05) is 0 Å². The van der Waals surface area contributed by atoms with Gasteiger partial charge in [0.2, 0.25) is 0 Å². The minimum absolute atomic E-state index is 0.0497. The van der Waals surface area contributed by atoms with E-state index in [9.17, 15) is 4.79 Å². The maximum atomic E-state index is 12.0. The number of carbonyl (C=O) groups excluding carboxylic acids is 1. The molecule has 0 aromatic heterocycles. The Morgan fingerprint density at radius 2 is 2.20 bits per heavy atom. The molecule has 0 fully saturated rings. The number of hydrogen-bond acceptors (Lipinski definition) is 1. The van der Waals surface area contributed by atoms with Gasteiger partial charge in [-0.3, -0.25) is 4.79 Å². The van der Waals surface area contributed by atoms with Crippen LogP contribution >= 0.6 is 27.5 Å². The van der Waals surface area contributed by atoms with Gasteiger partial charge in [-0.25, -0.2) is 0 Å². The van der Waals surface area contributed by atoms with E-state index >= 15 is 0 Å². The number of carbonyl (C=O) groups is 1. The summed E-state index contributed by atoms with van der Waals surface area (Å²) < 4.78 is 0.896. The number of ketones is 1. The molecular weight excluding hydrogens is 275 g/mol. The van der Waals surface area contributed by atoms with E-state index in [1.165, 1.54) is 0 Å². The summed E-state index contributed by atoms with van der Waals surface area (Å²) in [5.41, 5.74) is 0.626. The summed E-state index contributed by atoms with van der Waals surface area (Å²) in [7, 11) is 0. The van der Waals surface area contributed by atoms with Crippen molar-refractivity contribution in [1.29, 1.82) is 0 Å². The monoisotopic (exact) mass is 288 g/mol. The molecule has 0 saturated heterocycles. The first-order chi connectivity index (χ1) is 7.06. The zero-order chi connectivity index (χ0) is 11.4. The molecule has 0 spiro atoms. The molecule has 0 saturated carbocycles. The zero-order valence-corrected chi connectivity index (χ0v) is 11.2. The lowest BCUT2D eigenvalue weighted by atomic mass is 9.95. The van der Waals surface area contributed by atoms with E-state index in [0.29, 0.717) is 10.6 Å². The summed E-state index contributed by atoms with van der Waals surface area (Å²) in [5.74, 6) is 0.183. The number of rotatable bonds is 4. The van der Waals surface area contributed by atoms with E-state index in [4.69, 9.17) is 11.6 Å². The molecule has 0 N–H and O–H groups in total. The molecule has 0 aliphatic carbocycles. The molecule has 15 heavy (non-hydrogen) atoms. The van der Waals surface area contributed by atoms with Crippen molar-refractivity contribution >= 4 is 33.3 Å². The van der Waals surface area contributed by atoms with Gasteiger partial charge in [0.25, 0.3) is 0 Å². The number of Topliss-reactive ketones (excluding diaryl/α,β-unsaturated/α-hetero) is 1. The Morgan fingerprint density at radius 1 is 1.53 bits per heavy atom. The SMILES string of the molecule is CCCC(C)C(=O)c1ccc(Br)cc1Cl. The Labute approximate surface area is 104 Å². The fourth-order valence-corrected chi connectivity index (χ4v) is 2.29. The van der Waals surface area contributed by atoms with Gasteiger partial charge < -0.3 is 0 Å². The maximum Gasteiger partial charge on any atom is 0.167 e. The molecule has 1 aromatic carbocycles. The van der Waals surface area contributed by atoms with E-state index in [1.54, 1.807) is 12.1 Å². The Balaban J connectivity index is 2.91. The van der Waals surface area contributed by atoms with Gasteiger partial charge >= 0.3 is 0 Å². The minimum Gasteiger partial charge on any atom is -0.294 e. The van der Waals surface area contributed by atoms with Crippen molar-refractivity contribution in [2.45, 2.75) is 26.7 Å². The highest BCUT2D eigenvalue weighted by molar-refractivity contribution is 9.10. The third kappa shape index (κ3) is 3.32. The summed E-state index contributed by atoms with van der Waals surface area (Å²) in [5, 5.41) is 0.525. The van der Waals surface area contributed by atoms with Crippen LogP contribution in [0.15, 0.2) is 22.7 Å². The third-order valence-electron chi connectivity index (χ3n) is 2.37. The molecule has 82 valence electrons. The summed E-state index contributed by atoms with van der Waals surface area (Å²) in [6.45, 7) is 4.02. The maximum absolute atomic E-state index is 12.0. The second-order valence-electron chi connectivity index (χ2n) is 3.68. The number of hydrogen-bond donors (Lipinski definition) is 0. The fourth-order valence-electron chi connectivity index (χ4n) is 1.52. The molecule has 1 aromatic rings. The van der Waals surface area contributed by atoms with Crippen LogP contribution in [0.3, 0.4) is 0 Å². The zero-order valence-electron chi connectivity index (χ0n) is 8.89. The van der Waals surface area contributed by atoms with Crippen molar-refractivity contribution in [3.63, 3.8) is 0 Å². The summed E-state index contributed by atoms with van der Waals surface area (Å²) in [6.07, 6.45) is 1.92. The van der Waals surface area contributed by atoms with Crippen LogP contribution < -0.4 is 0 Å². The largest absolute Gasteiger partial charge is 0.294 e. The van der Waals surface area contributed by atoms with Crippen LogP contribution in [-0.2, 0) is 0 Å². The average molecular weight is 290 g/mol. The molecule has 0 bridgehead atoms. The summed E-state index contributed by atoms with van der Waals surface area (Å²) in [6, 6.07) is 5.38. The first-order valence-corrected chi connectivity index (χ1v) is 6.22. The highest BCUT2D eigenvalue weighted by atomic mass is 79.9. The van der Waals surface area contributed by atoms with Gasteiger partial charge in [0.05, 0.1) is 5.02 Å². The van der Waals surface area contributed by atoms with Gasteiger partial charge in [0.1, 0.15) is 0 Å². The quantitative estimate of drug-likeness (QED) is 0.733. The normalized spacial score (nSPS) is 12.5. The van der Waals surface area contributed by atoms with Crippen molar-refractivity contribution in [1.82, 2.24) is 0 Å². The summed E-state index contributed by atoms with van der Waals surface area (Å²) in [4.78, 5) is 12.0. The van der Waals surface area contributed by atoms with Crippen LogP contribution in [0.25, 0.3) is 0 Å². The van der Waals surface area contributed by atoms with Crippen LogP contribution in [0.2, 0.25) is 5.02 Å². The molecule has 3 heteroatoms. The lowest BCUT2D eigenvalue weighted by Gasteiger charge is -2.10. The molecule has 0 aliphatic heterocycles. The topological polar surface area (TPSA) is 17.1 Å². The Kier molecular flexibility index (Phi) is 4.81. The van der Waals surface area contributed by atoms with E-state index in [2.05, 4.69) is 22.9 Å². The average Bonchev–Trinajstić information content (AvgIpc) is 2.17. The molecule has 0 amide bonds. The molecular formula is C12H14BrClO. The van der Waals surface area contributed by atoms with Gasteiger partial charge in [0.15, 0.2) is 5.78 Å². The number of halogens is 2. The summed E-state index contributed by atoms with van der Waals surface area (Å²) >= 11 is 9.34. The molecule has 0 radical (unpaired) electrons. The van der Waals surface area contributed by atoms with Crippen molar-refractivity contribution < 1.29 is 4.79 Å². The molecule has 1 rings (SSSR count). The molecule has 0 heterocycles. The Bertz CT molecular complexity index is 363. The van der Waals surface area contributed by atoms with Gasteiger partial charge in [-0.05, 0) is 24.6 Å². The highest BCUT2D eigenvalue weighted by Gasteiger charge is 2.16. The van der Waals surface area contributed by atoms with Gasteiger partial charge in [0, 0.05) is 16.0 Å². The minimum atomic E-state index is 0.0497. The van der Waals surface area contributed by atoms with Crippen molar-refractivity contribution in [3.8, 4) is 0 Å². The van der Waals surface area contributed by atoms with Crippen molar-refractivity contribution in [2.24, 2.45) is 5.92 Å². The van der Waals surface area contributed by atoms with Gasteiger partial charge in [-0.2, -0.15) is 0 Å². The standard InChI is InChI=1S/C12H14BrClO/c1-3-4-8(2)12(15)10-6-5-9(13)7-11(10)14/h5-8H,3-4H2,1-2H3. The van der Waals surface area contributed by atoms with E-state index in [0.717, 1.165) is 17.3 Å². The second kappa shape index (κ2) is 5.66. The fraction of sp³-hybridized carbons (Fsp3) is 0.417. The Hall–Kier alpha value is -0.340.